The van der Waals surface area contributed by atoms with Gasteiger partial charge in [-0.2, -0.15) is 0 Å². The second-order valence-electron chi connectivity index (χ2n) is 3.60. The van der Waals surface area contributed by atoms with Crippen LogP contribution in [0.1, 0.15) is 10.5 Å². The number of aliphatic hydroxyl groups is 1. The van der Waals surface area contributed by atoms with Gasteiger partial charge in [-0.25, -0.2) is 4.79 Å². The van der Waals surface area contributed by atoms with Crippen molar-refractivity contribution >= 4 is 16.7 Å². The molecule has 5 heteroatoms. The van der Waals surface area contributed by atoms with Crippen LogP contribution < -0.4 is 5.56 Å². The first-order valence-corrected chi connectivity index (χ1v) is 5.12. The number of aromatic nitrogens is 1. The van der Waals surface area contributed by atoms with Crippen LogP contribution in [0.2, 0.25) is 0 Å². The molecule has 0 aliphatic rings. The summed E-state index contributed by atoms with van der Waals surface area (Å²) >= 11 is 0. The Morgan fingerprint density at radius 2 is 2.00 bits per heavy atom. The number of benzene rings is 1. The molecule has 0 spiro atoms. The van der Waals surface area contributed by atoms with E-state index < -0.39 is 11.5 Å². The van der Waals surface area contributed by atoms with Gasteiger partial charge in [0.25, 0.3) is 5.56 Å². The average Bonchev–Trinajstić information content (AvgIpc) is 2.32. The second kappa shape index (κ2) is 4.39. The van der Waals surface area contributed by atoms with E-state index in [1.165, 1.54) is 6.07 Å². The van der Waals surface area contributed by atoms with E-state index in [2.05, 4.69) is 0 Å². The molecule has 0 radical (unpaired) electrons. The first-order valence-electron chi connectivity index (χ1n) is 5.12. The van der Waals surface area contributed by atoms with E-state index in [0.717, 1.165) is 4.57 Å². The number of carbonyl (C=O) groups is 1. The van der Waals surface area contributed by atoms with Crippen molar-refractivity contribution in [3.63, 3.8) is 0 Å². The molecular formula is C12H11NO4. The van der Waals surface area contributed by atoms with Crippen LogP contribution in [-0.4, -0.2) is 27.4 Å². The van der Waals surface area contributed by atoms with Gasteiger partial charge < -0.3 is 10.2 Å². The Morgan fingerprint density at radius 3 is 2.65 bits per heavy atom. The first kappa shape index (κ1) is 11.3. The number of fused-ring (bicyclic) bond motifs is 1. The highest BCUT2D eigenvalue weighted by atomic mass is 16.4. The molecule has 1 aromatic heterocycles. The molecule has 0 fully saturated rings. The summed E-state index contributed by atoms with van der Waals surface area (Å²) in [6.45, 7) is -0.302. The fourth-order valence-electron chi connectivity index (χ4n) is 1.80. The van der Waals surface area contributed by atoms with Crippen LogP contribution in [0.25, 0.3) is 10.8 Å². The number of aliphatic hydroxyl groups excluding tert-OH is 1. The third kappa shape index (κ3) is 1.92. The number of nitrogens with zero attached hydrogens (tertiary/aromatic N) is 1. The monoisotopic (exact) mass is 233 g/mol. The number of carboxylic acid groups (broad SMARTS) is 1. The summed E-state index contributed by atoms with van der Waals surface area (Å²) in [7, 11) is 0. The largest absolute Gasteiger partial charge is 0.477 e. The van der Waals surface area contributed by atoms with Gasteiger partial charge in [0.05, 0.1) is 6.61 Å². The van der Waals surface area contributed by atoms with Gasteiger partial charge in [0.1, 0.15) is 5.69 Å². The van der Waals surface area contributed by atoms with Crippen molar-refractivity contribution in [3.05, 3.63) is 46.4 Å². The lowest BCUT2D eigenvalue weighted by Crippen LogP contribution is -2.27. The molecule has 17 heavy (non-hydrogen) atoms. The van der Waals surface area contributed by atoms with Crippen molar-refractivity contribution in [1.29, 1.82) is 0 Å². The van der Waals surface area contributed by atoms with Crippen molar-refractivity contribution in [2.75, 3.05) is 6.61 Å². The van der Waals surface area contributed by atoms with E-state index in [0.29, 0.717) is 10.8 Å². The van der Waals surface area contributed by atoms with Crippen LogP contribution in [0.5, 0.6) is 0 Å². The number of hydrogen-bond acceptors (Lipinski definition) is 3. The van der Waals surface area contributed by atoms with Crippen LogP contribution in [0.4, 0.5) is 0 Å². The summed E-state index contributed by atoms with van der Waals surface area (Å²) in [5.41, 5.74) is -0.502. The summed E-state index contributed by atoms with van der Waals surface area (Å²) in [5, 5.41) is 18.9. The maximum absolute atomic E-state index is 12.0. The van der Waals surface area contributed by atoms with E-state index in [9.17, 15) is 9.59 Å². The smallest absolute Gasteiger partial charge is 0.352 e. The zero-order chi connectivity index (χ0) is 12.4. The maximum atomic E-state index is 12.0. The van der Waals surface area contributed by atoms with Crippen molar-refractivity contribution < 1.29 is 15.0 Å². The molecule has 2 N–H and O–H groups in total. The Balaban J connectivity index is 2.84. The Labute approximate surface area is 96.5 Å². The predicted molar refractivity (Wildman–Crippen MR) is 62.3 cm³/mol. The zero-order valence-corrected chi connectivity index (χ0v) is 8.96. The number of carboxylic acids is 1. The highest BCUT2D eigenvalue weighted by Crippen LogP contribution is 2.12. The van der Waals surface area contributed by atoms with Crippen molar-refractivity contribution in [2.24, 2.45) is 0 Å². The van der Waals surface area contributed by atoms with E-state index in [1.807, 2.05) is 0 Å². The normalized spacial score (nSPS) is 10.6. The fraction of sp³-hybridized carbons (Fsp3) is 0.167. The van der Waals surface area contributed by atoms with E-state index >= 15 is 0 Å². The molecule has 1 heterocycles. The van der Waals surface area contributed by atoms with Gasteiger partial charge in [-0.15, -0.1) is 0 Å². The molecule has 88 valence electrons. The second-order valence-corrected chi connectivity index (χ2v) is 3.60. The average molecular weight is 233 g/mol. The fourth-order valence-corrected chi connectivity index (χ4v) is 1.80. The summed E-state index contributed by atoms with van der Waals surface area (Å²) in [6.07, 6.45) is 0. The molecule has 0 bridgehead atoms. The van der Waals surface area contributed by atoms with Crippen molar-refractivity contribution in [1.82, 2.24) is 4.57 Å². The Hall–Kier alpha value is -2.14. The van der Waals surface area contributed by atoms with Crippen molar-refractivity contribution in [2.45, 2.75) is 6.54 Å². The van der Waals surface area contributed by atoms with Gasteiger partial charge in [-0.1, -0.05) is 18.2 Å². The Bertz CT molecular complexity index is 630. The van der Waals surface area contributed by atoms with Crippen molar-refractivity contribution in [3.8, 4) is 0 Å². The summed E-state index contributed by atoms with van der Waals surface area (Å²) < 4.78 is 1.07. The van der Waals surface area contributed by atoms with Gasteiger partial charge in [0, 0.05) is 11.9 Å². The third-order valence-electron chi connectivity index (χ3n) is 2.56. The number of rotatable bonds is 3. The molecule has 2 rings (SSSR count). The molecular weight excluding hydrogens is 222 g/mol. The van der Waals surface area contributed by atoms with Crippen LogP contribution in [0, 0.1) is 0 Å². The quantitative estimate of drug-likeness (QED) is 0.817. The lowest BCUT2D eigenvalue weighted by atomic mass is 10.1. The highest BCUT2D eigenvalue weighted by Gasteiger charge is 2.13. The topological polar surface area (TPSA) is 79.5 Å². The van der Waals surface area contributed by atoms with E-state index in [4.69, 9.17) is 10.2 Å². The van der Waals surface area contributed by atoms with Crippen LogP contribution in [0.3, 0.4) is 0 Å². The van der Waals surface area contributed by atoms with Gasteiger partial charge >= 0.3 is 5.97 Å². The zero-order valence-electron chi connectivity index (χ0n) is 8.96. The van der Waals surface area contributed by atoms with Gasteiger partial charge in [0.2, 0.25) is 0 Å². The minimum Gasteiger partial charge on any atom is -0.477 e. The summed E-state index contributed by atoms with van der Waals surface area (Å²) in [6, 6.07) is 8.22. The molecule has 2 aromatic rings. The number of hydrogen-bond donors (Lipinski definition) is 2. The summed E-state index contributed by atoms with van der Waals surface area (Å²) in [4.78, 5) is 23.1. The lowest BCUT2D eigenvalue weighted by Gasteiger charge is -2.09. The van der Waals surface area contributed by atoms with Crippen LogP contribution in [0.15, 0.2) is 35.1 Å². The number of aromatic carboxylic acids is 1. The molecule has 0 unspecified atom stereocenters. The predicted octanol–water partition coefficient (Wildman–Crippen LogP) is 0.692. The highest BCUT2D eigenvalue weighted by molar-refractivity contribution is 5.92. The molecule has 1 aromatic carbocycles. The SMILES string of the molecule is O=C(O)c1cc2ccccc2c(=O)n1CCO. The molecule has 0 saturated heterocycles. The number of pyridine rings is 1. The maximum Gasteiger partial charge on any atom is 0.352 e. The van der Waals surface area contributed by atoms with Gasteiger partial charge in [0.15, 0.2) is 0 Å². The Morgan fingerprint density at radius 1 is 1.29 bits per heavy atom. The molecule has 5 nitrogen and oxygen atoms in total. The van der Waals surface area contributed by atoms with E-state index in [1.54, 1.807) is 24.3 Å². The molecule has 0 saturated carbocycles. The van der Waals surface area contributed by atoms with Gasteiger partial charge in [-0.05, 0) is 17.5 Å². The molecule has 0 aliphatic heterocycles. The van der Waals surface area contributed by atoms with Crippen LogP contribution >= 0.6 is 0 Å². The van der Waals surface area contributed by atoms with Crippen LogP contribution in [-0.2, 0) is 6.54 Å². The minimum absolute atomic E-state index is 0.0225. The molecule has 0 atom stereocenters. The Kier molecular flexibility index (Phi) is 2.93. The third-order valence-corrected chi connectivity index (χ3v) is 2.56. The lowest BCUT2D eigenvalue weighted by molar-refractivity contribution is 0.0682. The molecule has 0 aliphatic carbocycles. The summed E-state index contributed by atoms with van der Waals surface area (Å²) in [5.74, 6) is -1.18. The van der Waals surface area contributed by atoms with Gasteiger partial charge in [-0.3, -0.25) is 9.36 Å². The van der Waals surface area contributed by atoms with E-state index in [-0.39, 0.29) is 18.8 Å². The first-order chi connectivity index (χ1) is 8.15. The standard InChI is InChI=1S/C12H11NO4/c14-6-5-13-10(12(16)17)7-8-3-1-2-4-9(8)11(13)15/h1-4,7,14H,5-6H2,(H,16,17). The molecule has 0 amide bonds. The minimum atomic E-state index is -1.18.